The van der Waals surface area contributed by atoms with Gasteiger partial charge >= 0.3 is 5.97 Å². The van der Waals surface area contributed by atoms with Crippen molar-refractivity contribution in [3.05, 3.63) is 57.1 Å². The summed E-state index contributed by atoms with van der Waals surface area (Å²) in [5.41, 5.74) is -0.959. The Morgan fingerprint density at radius 1 is 1.29 bits per heavy atom. The Morgan fingerprint density at radius 3 is 2.43 bits per heavy atom. The minimum atomic E-state index is -3.01. The molecule has 0 radical (unpaired) electrons. The van der Waals surface area contributed by atoms with Crippen molar-refractivity contribution in [3.8, 4) is 0 Å². The fourth-order valence-electron chi connectivity index (χ4n) is 1.71. The van der Waals surface area contributed by atoms with Gasteiger partial charge in [-0.25, -0.2) is 23.5 Å². The minimum Gasteiger partial charge on any atom is -0.478 e. The molecule has 1 heterocycles. The van der Waals surface area contributed by atoms with E-state index in [1.54, 1.807) is 18.2 Å². The second kappa shape index (κ2) is 6.32. The fourth-order valence-corrected chi connectivity index (χ4v) is 2.24. The highest BCUT2D eigenvalue weighted by Crippen LogP contribution is 2.27. The van der Waals surface area contributed by atoms with E-state index in [0.717, 1.165) is 6.20 Å². The molecule has 0 saturated carbocycles. The molecule has 1 N–H and O–H groups in total. The third-order valence-electron chi connectivity index (χ3n) is 2.70. The highest BCUT2D eigenvalue weighted by Gasteiger charge is 2.21. The number of nitrogens with zero attached hydrogens (tertiary/aromatic N) is 2. The summed E-state index contributed by atoms with van der Waals surface area (Å²) < 4.78 is 25.7. The molecule has 0 fully saturated rings. The van der Waals surface area contributed by atoms with Crippen LogP contribution in [0, 0.1) is 0 Å². The molecule has 1 aromatic heterocycles. The molecule has 0 amide bonds. The summed E-state index contributed by atoms with van der Waals surface area (Å²) in [6, 6.07) is 4.85. The van der Waals surface area contributed by atoms with Crippen LogP contribution in [0.3, 0.4) is 0 Å². The Kier molecular flexibility index (Phi) is 4.69. The number of aromatic carboxylic acids is 1. The predicted octanol–water partition coefficient (Wildman–Crippen LogP) is 4.01. The fraction of sp³-hybridized carbons (Fsp3) is 0.154. The normalized spacial score (nSPS) is 10.9. The van der Waals surface area contributed by atoms with E-state index >= 15 is 0 Å². The molecule has 0 spiro atoms. The minimum absolute atomic E-state index is 0.0188. The van der Waals surface area contributed by atoms with Crippen LogP contribution in [0.25, 0.3) is 0 Å². The lowest BCUT2D eigenvalue weighted by Crippen LogP contribution is -2.10. The van der Waals surface area contributed by atoms with Crippen molar-refractivity contribution in [2.75, 3.05) is 0 Å². The van der Waals surface area contributed by atoms with E-state index in [-0.39, 0.29) is 12.2 Å². The first kappa shape index (κ1) is 15.6. The van der Waals surface area contributed by atoms with Gasteiger partial charge in [-0.05, 0) is 17.7 Å². The molecule has 0 aliphatic rings. The van der Waals surface area contributed by atoms with Crippen LogP contribution in [0.2, 0.25) is 10.0 Å². The highest BCUT2D eigenvalue weighted by atomic mass is 35.5. The molecule has 4 nitrogen and oxygen atoms in total. The lowest BCUT2D eigenvalue weighted by atomic mass is 10.1. The maximum atomic E-state index is 12.9. The summed E-state index contributed by atoms with van der Waals surface area (Å²) in [6.07, 6.45) is -2.13. The Hall–Kier alpha value is -1.79. The van der Waals surface area contributed by atoms with E-state index in [4.69, 9.17) is 28.3 Å². The maximum absolute atomic E-state index is 12.9. The van der Waals surface area contributed by atoms with Crippen LogP contribution in [-0.4, -0.2) is 21.0 Å². The molecule has 21 heavy (non-hydrogen) atoms. The molecule has 0 aliphatic carbocycles. The van der Waals surface area contributed by atoms with Crippen molar-refractivity contribution in [1.82, 2.24) is 9.97 Å². The molecule has 0 bridgehead atoms. The number of carboxylic acids is 1. The van der Waals surface area contributed by atoms with Crippen molar-refractivity contribution in [3.63, 3.8) is 0 Å². The van der Waals surface area contributed by atoms with E-state index in [1.807, 2.05) is 0 Å². The summed E-state index contributed by atoms with van der Waals surface area (Å²) in [5.74, 6) is -1.49. The smallest absolute Gasteiger partial charge is 0.339 e. The summed E-state index contributed by atoms with van der Waals surface area (Å²) >= 11 is 12.0. The van der Waals surface area contributed by atoms with Gasteiger partial charge in [0.25, 0.3) is 6.43 Å². The first-order valence-electron chi connectivity index (χ1n) is 5.70. The molecule has 0 aliphatic heterocycles. The standard InChI is InChI=1S/C13H8Cl2F2N2O2/c14-8-2-1-3-9(15)6(8)4-10-18-5-7(13(20)21)11(19-10)12(16)17/h1-3,5,12H,4H2,(H,20,21). The lowest BCUT2D eigenvalue weighted by molar-refractivity contribution is 0.0681. The topological polar surface area (TPSA) is 63.1 Å². The quantitative estimate of drug-likeness (QED) is 0.918. The third kappa shape index (κ3) is 3.46. The molecule has 2 aromatic rings. The van der Waals surface area contributed by atoms with Crippen molar-refractivity contribution in [1.29, 1.82) is 0 Å². The molecule has 0 saturated heterocycles. The first-order chi connectivity index (χ1) is 9.90. The van der Waals surface area contributed by atoms with E-state index in [9.17, 15) is 13.6 Å². The van der Waals surface area contributed by atoms with Crippen molar-refractivity contribution in [2.45, 2.75) is 12.8 Å². The zero-order valence-electron chi connectivity index (χ0n) is 10.4. The van der Waals surface area contributed by atoms with Crippen LogP contribution in [0.15, 0.2) is 24.4 Å². The number of halogens is 4. The molecule has 2 rings (SSSR count). The number of benzene rings is 1. The third-order valence-corrected chi connectivity index (χ3v) is 3.41. The average molecular weight is 333 g/mol. The van der Waals surface area contributed by atoms with Crippen LogP contribution in [-0.2, 0) is 6.42 Å². The molecule has 8 heteroatoms. The van der Waals surface area contributed by atoms with Gasteiger partial charge in [0.15, 0.2) is 0 Å². The lowest BCUT2D eigenvalue weighted by Gasteiger charge is -2.09. The Morgan fingerprint density at radius 2 is 1.90 bits per heavy atom. The Bertz CT molecular complexity index is 676. The maximum Gasteiger partial charge on any atom is 0.339 e. The summed E-state index contributed by atoms with van der Waals surface area (Å²) in [5, 5.41) is 9.54. The monoisotopic (exact) mass is 332 g/mol. The predicted molar refractivity (Wildman–Crippen MR) is 73.2 cm³/mol. The number of aromatic nitrogens is 2. The van der Waals surface area contributed by atoms with Gasteiger partial charge in [0, 0.05) is 22.7 Å². The largest absolute Gasteiger partial charge is 0.478 e. The summed E-state index contributed by atoms with van der Waals surface area (Å²) in [6.45, 7) is 0. The zero-order chi connectivity index (χ0) is 15.6. The van der Waals surface area contributed by atoms with Gasteiger partial charge in [-0.15, -0.1) is 0 Å². The van der Waals surface area contributed by atoms with Gasteiger partial charge in [0.05, 0.1) is 0 Å². The summed E-state index contributed by atoms with van der Waals surface area (Å²) in [4.78, 5) is 18.2. The van der Waals surface area contributed by atoms with Crippen LogP contribution in [0.4, 0.5) is 8.78 Å². The van der Waals surface area contributed by atoms with Gasteiger partial charge in [0.1, 0.15) is 17.1 Å². The number of hydrogen-bond donors (Lipinski definition) is 1. The number of carboxylic acid groups (broad SMARTS) is 1. The van der Waals surface area contributed by atoms with E-state index < -0.39 is 23.7 Å². The van der Waals surface area contributed by atoms with E-state index in [2.05, 4.69) is 9.97 Å². The number of carbonyl (C=O) groups is 1. The number of hydrogen-bond acceptors (Lipinski definition) is 3. The molecule has 110 valence electrons. The molecular formula is C13H8Cl2F2N2O2. The Labute approximate surface area is 128 Å². The van der Waals surface area contributed by atoms with Crippen LogP contribution in [0.1, 0.15) is 33.9 Å². The average Bonchev–Trinajstić information content (AvgIpc) is 2.42. The van der Waals surface area contributed by atoms with Crippen molar-refractivity contribution < 1.29 is 18.7 Å². The van der Waals surface area contributed by atoms with Gasteiger partial charge in [0.2, 0.25) is 0 Å². The second-order valence-corrected chi connectivity index (χ2v) is 4.88. The van der Waals surface area contributed by atoms with Crippen molar-refractivity contribution >= 4 is 29.2 Å². The Balaban J connectivity index is 2.42. The first-order valence-corrected chi connectivity index (χ1v) is 6.46. The molecule has 1 aromatic carbocycles. The van der Waals surface area contributed by atoms with Crippen molar-refractivity contribution in [2.24, 2.45) is 0 Å². The van der Waals surface area contributed by atoms with Crippen LogP contribution < -0.4 is 0 Å². The molecule has 0 atom stereocenters. The van der Waals surface area contributed by atoms with Gasteiger partial charge in [-0.1, -0.05) is 29.3 Å². The van der Waals surface area contributed by atoms with Gasteiger partial charge in [-0.2, -0.15) is 0 Å². The molecular weight excluding hydrogens is 325 g/mol. The SMILES string of the molecule is O=C(O)c1cnc(Cc2c(Cl)cccc2Cl)nc1C(F)F. The highest BCUT2D eigenvalue weighted by molar-refractivity contribution is 6.36. The van der Waals surface area contributed by atoms with E-state index in [1.165, 1.54) is 0 Å². The van der Waals surface area contributed by atoms with Crippen LogP contribution in [0.5, 0.6) is 0 Å². The van der Waals surface area contributed by atoms with Crippen LogP contribution >= 0.6 is 23.2 Å². The van der Waals surface area contributed by atoms with E-state index in [0.29, 0.717) is 15.6 Å². The zero-order valence-corrected chi connectivity index (χ0v) is 11.9. The van der Waals surface area contributed by atoms with Gasteiger partial charge < -0.3 is 5.11 Å². The molecule has 0 unspecified atom stereocenters. The number of rotatable bonds is 4. The summed E-state index contributed by atoms with van der Waals surface area (Å²) in [7, 11) is 0. The number of alkyl halides is 2. The van der Waals surface area contributed by atoms with Gasteiger partial charge in [-0.3, -0.25) is 0 Å². The second-order valence-electron chi connectivity index (χ2n) is 4.07.